The van der Waals surface area contributed by atoms with Gasteiger partial charge in [-0.05, 0) is 6.07 Å². The fraction of sp³-hybridized carbons (Fsp3) is 0.182. The maximum absolute atomic E-state index is 5.49. The molecule has 4 aromatic rings. The van der Waals surface area contributed by atoms with Gasteiger partial charge in [-0.15, -0.1) is 0 Å². The molecule has 138 valence electrons. The highest BCUT2D eigenvalue weighted by atomic mass is 16.5. The molecule has 0 saturated heterocycles. The van der Waals surface area contributed by atoms with E-state index >= 15 is 0 Å². The minimum Gasteiger partial charge on any atom is -0.332 e. The molecule has 6 heteroatoms. The van der Waals surface area contributed by atoms with Crippen molar-refractivity contribution in [2.45, 2.75) is 26.3 Å². The van der Waals surface area contributed by atoms with Gasteiger partial charge in [0.05, 0.1) is 23.6 Å². The van der Waals surface area contributed by atoms with Crippen molar-refractivity contribution in [2.24, 2.45) is 4.99 Å². The fourth-order valence-electron chi connectivity index (χ4n) is 3.44. The van der Waals surface area contributed by atoms with Crippen LogP contribution in [0.4, 0.5) is 0 Å². The summed E-state index contributed by atoms with van der Waals surface area (Å²) in [4.78, 5) is 14.0. The normalized spacial score (nSPS) is 13.0. The zero-order chi connectivity index (χ0) is 19.1. The molecule has 2 aromatic carbocycles. The predicted octanol–water partition coefficient (Wildman–Crippen LogP) is 4.40. The van der Waals surface area contributed by atoms with Crippen LogP contribution in [0.5, 0.6) is 0 Å². The van der Waals surface area contributed by atoms with E-state index in [0.717, 1.165) is 28.2 Å². The van der Waals surface area contributed by atoms with E-state index in [4.69, 9.17) is 9.52 Å². The van der Waals surface area contributed by atoms with Crippen molar-refractivity contribution in [2.75, 3.05) is 0 Å². The van der Waals surface area contributed by atoms with E-state index < -0.39 is 0 Å². The van der Waals surface area contributed by atoms with Gasteiger partial charge < -0.3 is 4.52 Å². The molecule has 0 radical (unpaired) electrons. The first-order chi connectivity index (χ1) is 13.7. The Labute approximate surface area is 162 Å². The van der Waals surface area contributed by atoms with Gasteiger partial charge in [-0.2, -0.15) is 4.98 Å². The summed E-state index contributed by atoms with van der Waals surface area (Å²) >= 11 is 0. The van der Waals surface area contributed by atoms with Crippen LogP contribution in [0, 0.1) is 0 Å². The number of rotatable bonds is 3. The molecule has 1 aliphatic heterocycles. The average Bonchev–Trinajstić information content (AvgIpc) is 3.33. The molecular formula is C22H19N5O. The molecule has 2 aromatic heterocycles. The molecule has 3 heterocycles. The van der Waals surface area contributed by atoms with Crippen LogP contribution in [0.1, 0.15) is 42.4 Å². The summed E-state index contributed by atoms with van der Waals surface area (Å²) in [7, 11) is 0. The highest BCUT2D eigenvalue weighted by Crippen LogP contribution is 2.30. The van der Waals surface area contributed by atoms with Gasteiger partial charge in [-0.1, -0.05) is 67.5 Å². The number of nitrogens with zero attached hydrogens (tertiary/aromatic N) is 5. The molecule has 28 heavy (non-hydrogen) atoms. The van der Waals surface area contributed by atoms with Gasteiger partial charge in [0.15, 0.2) is 11.5 Å². The Bertz CT molecular complexity index is 1170. The Morgan fingerprint density at radius 2 is 1.79 bits per heavy atom. The summed E-state index contributed by atoms with van der Waals surface area (Å²) in [6.45, 7) is 4.55. The summed E-state index contributed by atoms with van der Waals surface area (Å²) < 4.78 is 7.56. The quantitative estimate of drug-likeness (QED) is 0.537. The van der Waals surface area contributed by atoms with Crippen LogP contribution in [-0.4, -0.2) is 25.4 Å². The van der Waals surface area contributed by atoms with Crippen molar-refractivity contribution in [1.82, 2.24) is 19.7 Å². The van der Waals surface area contributed by atoms with Crippen LogP contribution >= 0.6 is 0 Å². The molecule has 5 rings (SSSR count). The Balaban J connectivity index is 1.68. The number of benzene rings is 2. The molecule has 1 aliphatic rings. The molecule has 0 spiro atoms. The number of hydrogen-bond donors (Lipinski definition) is 0. The lowest BCUT2D eigenvalue weighted by Crippen LogP contribution is -2.06. The van der Waals surface area contributed by atoms with Crippen LogP contribution in [-0.2, 0) is 6.54 Å². The molecule has 0 amide bonds. The van der Waals surface area contributed by atoms with Gasteiger partial charge in [0.25, 0.3) is 5.89 Å². The van der Waals surface area contributed by atoms with E-state index in [2.05, 4.69) is 44.0 Å². The third kappa shape index (κ3) is 2.65. The van der Waals surface area contributed by atoms with Crippen molar-refractivity contribution < 1.29 is 4.52 Å². The zero-order valence-corrected chi connectivity index (χ0v) is 15.7. The monoisotopic (exact) mass is 369 g/mol. The standard InChI is InChI=1S/C22H19N5O/c1-14(2)21-25-22(28-26-21)20-18-12-23-19(15-8-4-3-5-9-15)16-10-6-7-11-17(16)27(18)13-24-20/h3-11,13-14H,12H2,1-2H3. The second-order valence-corrected chi connectivity index (χ2v) is 7.07. The highest BCUT2D eigenvalue weighted by Gasteiger charge is 2.24. The molecule has 0 fully saturated rings. The summed E-state index contributed by atoms with van der Waals surface area (Å²) in [5.41, 5.74) is 5.81. The highest BCUT2D eigenvalue weighted by molar-refractivity contribution is 6.15. The minimum atomic E-state index is 0.196. The van der Waals surface area contributed by atoms with Gasteiger partial charge in [0, 0.05) is 17.0 Å². The van der Waals surface area contributed by atoms with E-state index in [1.54, 1.807) is 0 Å². The van der Waals surface area contributed by atoms with Crippen LogP contribution in [0.15, 0.2) is 70.4 Å². The number of hydrogen-bond acceptors (Lipinski definition) is 5. The second-order valence-electron chi connectivity index (χ2n) is 7.07. The number of aliphatic imine (C=N–C) groups is 1. The zero-order valence-electron chi connectivity index (χ0n) is 15.7. The summed E-state index contributed by atoms with van der Waals surface area (Å²) in [5.74, 6) is 1.31. The van der Waals surface area contributed by atoms with E-state index in [0.29, 0.717) is 24.0 Å². The Kier molecular flexibility index (Phi) is 3.90. The summed E-state index contributed by atoms with van der Waals surface area (Å²) in [6.07, 6.45) is 1.81. The molecular weight excluding hydrogens is 350 g/mol. The molecule has 0 bridgehead atoms. The predicted molar refractivity (Wildman–Crippen MR) is 107 cm³/mol. The first kappa shape index (κ1) is 16.6. The lowest BCUT2D eigenvalue weighted by Gasteiger charge is -2.11. The first-order valence-corrected chi connectivity index (χ1v) is 9.32. The number of aromatic nitrogens is 4. The van der Waals surface area contributed by atoms with E-state index in [1.807, 2.05) is 50.5 Å². The van der Waals surface area contributed by atoms with Gasteiger partial charge >= 0.3 is 0 Å². The van der Waals surface area contributed by atoms with Crippen molar-refractivity contribution in [1.29, 1.82) is 0 Å². The number of imidazole rings is 1. The van der Waals surface area contributed by atoms with E-state index in [-0.39, 0.29) is 5.92 Å². The van der Waals surface area contributed by atoms with E-state index in [1.165, 1.54) is 0 Å². The molecule has 0 atom stereocenters. The van der Waals surface area contributed by atoms with E-state index in [9.17, 15) is 0 Å². The largest absolute Gasteiger partial charge is 0.332 e. The smallest absolute Gasteiger partial charge is 0.278 e. The molecule has 0 aliphatic carbocycles. The minimum absolute atomic E-state index is 0.196. The SMILES string of the molecule is CC(C)c1noc(-c2ncn3c2CN=C(c2ccccc2)c2ccccc2-3)n1. The lowest BCUT2D eigenvalue weighted by molar-refractivity contribution is 0.418. The van der Waals surface area contributed by atoms with Crippen LogP contribution in [0.2, 0.25) is 0 Å². The number of para-hydroxylation sites is 1. The Morgan fingerprint density at radius 3 is 2.57 bits per heavy atom. The third-order valence-corrected chi connectivity index (χ3v) is 4.88. The molecule has 6 nitrogen and oxygen atoms in total. The maximum atomic E-state index is 5.49. The Hall–Kier alpha value is -3.54. The maximum Gasteiger partial charge on any atom is 0.278 e. The molecule has 0 unspecified atom stereocenters. The van der Waals surface area contributed by atoms with Crippen LogP contribution in [0.25, 0.3) is 17.3 Å². The van der Waals surface area contributed by atoms with Gasteiger partial charge in [0.2, 0.25) is 0 Å². The van der Waals surface area contributed by atoms with Crippen molar-refractivity contribution >= 4 is 5.71 Å². The van der Waals surface area contributed by atoms with Crippen molar-refractivity contribution in [3.63, 3.8) is 0 Å². The summed E-state index contributed by atoms with van der Waals surface area (Å²) in [6, 6.07) is 18.5. The second kappa shape index (κ2) is 6.56. The molecule has 0 N–H and O–H groups in total. The first-order valence-electron chi connectivity index (χ1n) is 9.32. The number of fused-ring (bicyclic) bond motifs is 3. The van der Waals surface area contributed by atoms with Gasteiger partial charge in [-0.3, -0.25) is 9.56 Å². The Morgan fingerprint density at radius 1 is 1.00 bits per heavy atom. The van der Waals surface area contributed by atoms with Crippen LogP contribution < -0.4 is 0 Å². The lowest BCUT2D eigenvalue weighted by atomic mass is 10.0. The summed E-state index contributed by atoms with van der Waals surface area (Å²) in [5, 5.41) is 4.08. The van der Waals surface area contributed by atoms with Gasteiger partial charge in [0.1, 0.15) is 6.33 Å². The van der Waals surface area contributed by atoms with Crippen molar-refractivity contribution in [3.8, 4) is 17.3 Å². The topological polar surface area (TPSA) is 69.1 Å². The fourth-order valence-corrected chi connectivity index (χ4v) is 3.44. The van der Waals surface area contributed by atoms with Gasteiger partial charge in [-0.25, -0.2) is 4.98 Å². The van der Waals surface area contributed by atoms with Crippen LogP contribution in [0.3, 0.4) is 0 Å². The third-order valence-electron chi connectivity index (χ3n) is 4.88. The van der Waals surface area contributed by atoms with Crippen molar-refractivity contribution in [3.05, 3.63) is 83.6 Å². The average molecular weight is 369 g/mol. The molecule has 0 saturated carbocycles.